The lowest BCUT2D eigenvalue weighted by Crippen LogP contribution is -2.18. The van der Waals surface area contributed by atoms with E-state index in [2.05, 4.69) is 10.4 Å². The van der Waals surface area contributed by atoms with E-state index in [-0.39, 0.29) is 31.6 Å². The quantitative estimate of drug-likeness (QED) is 0.623. The van der Waals surface area contributed by atoms with Gasteiger partial charge in [0, 0.05) is 23.0 Å². The van der Waals surface area contributed by atoms with Crippen LogP contribution in [0.2, 0.25) is 5.02 Å². The highest BCUT2D eigenvalue weighted by Gasteiger charge is 2.22. The molecule has 3 rings (SSSR count). The minimum absolute atomic E-state index is 0.0109. The predicted molar refractivity (Wildman–Crippen MR) is 101 cm³/mol. The van der Waals surface area contributed by atoms with Gasteiger partial charge in [0.2, 0.25) is 9.84 Å². The molecular formula is C18H14ClF2N3O4S. The predicted octanol–water partition coefficient (Wildman–Crippen LogP) is 4.03. The van der Waals surface area contributed by atoms with Crippen molar-refractivity contribution in [2.45, 2.75) is 16.3 Å². The highest BCUT2D eigenvalue weighted by atomic mass is 35.5. The number of anilines is 1. The fourth-order valence-electron chi connectivity index (χ4n) is 2.51. The molecule has 0 saturated heterocycles. The van der Waals surface area contributed by atoms with Crippen LogP contribution in [-0.4, -0.2) is 31.2 Å². The van der Waals surface area contributed by atoms with E-state index in [0.29, 0.717) is 5.02 Å². The zero-order chi connectivity index (χ0) is 21.2. The van der Waals surface area contributed by atoms with Gasteiger partial charge in [-0.1, -0.05) is 11.6 Å². The summed E-state index contributed by atoms with van der Waals surface area (Å²) in [5.41, 5.74) is -0.339. The number of sulfone groups is 1. The maximum Gasteiger partial charge on any atom is 0.333 e. The Hall–Kier alpha value is -2.98. The molecule has 1 N–H and O–H groups in total. The van der Waals surface area contributed by atoms with E-state index >= 15 is 0 Å². The number of hydrogen-bond donors (Lipinski definition) is 1. The normalized spacial score (nSPS) is 11.5. The van der Waals surface area contributed by atoms with Crippen LogP contribution in [0.25, 0.3) is 0 Å². The van der Waals surface area contributed by atoms with Crippen molar-refractivity contribution in [3.8, 4) is 5.75 Å². The Labute approximate surface area is 169 Å². The maximum absolute atomic E-state index is 12.9. The summed E-state index contributed by atoms with van der Waals surface area (Å²) in [5.74, 6) is -0.733. The summed E-state index contributed by atoms with van der Waals surface area (Å²) in [4.78, 5) is 12.2. The second-order valence-corrected chi connectivity index (χ2v) is 8.13. The summed E-state index contributed by atoms with van der Waals surface area (Å²) in [5, 5.41) is 6.15. The van der Waals surface area contributed by atoms with Crippen molar-refractivity contribution in [3.63, 3.8) is 0 Å². The van der Waals surface area contributed by atoms with Crippen LogP contribution in [0.15, 0.2) is 64.5 Å². The first kappa shape index (κ1) is 20.7. The van der Waals surface area contributed by atoms with Gasteiger partial charge in [0.1, 0.15) is 11.4 Å². The summed E-state index contributed by atoms with van der Waals surface area (Å²) in [6.45, 7) is -3.00. The standard InChI is InChI=1S/C18H14ClF2N3O4S/c1-28-13-8-12(23-17(25)16-6-7-22-24(16)18(20)21)9-15(10-13)29(26,27)14-4-2-11(19)3-5-14/h2-10,18H,1H3,(H,23,25). The summed E-state index contributed by atoms with van der Waals surface area (Å²) in [6.07, 6.45) is 1.06. The SMILES string of the molecule is COc1cc(NC(=O)c2ccnn2C(F)F)cc(S(=O)(=O)c2ccc(Cl)cc2)c1. The maximum atomic E-state index is 12.9. The molecule has 0 aliphatic carbocycles. The zero-order valence-corrected chi connectivity index (χ0v) is 16.4. The van der Waals surface area contributed by atoms with Crippen LogP contribution in [0.1, 0.15) is 17.0 Å². The Bertz CT molecular complexity index is 1150. The van der Waals surface area contributed by atoms with Crippen LogP contribution in [0.4, 0.5) is 14.5 Å². The van der Waals surface area contributed by atoms with Crippen LogP contribution in [-0.2, 0) is 9.84 Å². The lowest BCUT2D eigenvalue weighted by molar-refractivity contribution is 0.0520. The van der Waals surface area contributed by atoms with Crippen molar-refractivity contribution < 1.29 is 26.7 Å². The Kier molecular flexibility index (Phi) is 5.85. The number of rotatable bonds is 6. The number of nitrogens with one attached hydrogen (secondary N) is 1. The van der Waals surface area contributed by atoms with Crippen LogP contribution >= 0.6 is 11.6 Å². The van der Waals surface area contributed by atoms with Gasteiger partial charge in [-0.15, -0.1) is 0 Å². The first-order valence-electron chi connectivity index (χ1n) is 8.05. The van der Waals surface area contributed by atoms with Gasteiger partial charge in [0.25, 0.3) is 5.91 Å². The molecule has 0 radical (unpaired) electrons. The van der Waals surface area contributed by atoms with E-state index in [1.165, 1.54) is 49.6 Å². The van der Waals surface area contributed by atoms with Crippen LogP contribution in [0, 0.1) is 0 Å². The highest BCUT2D eigenvalue weighted by Crippen LogP contribution is 2.29. The smallest absolute Gasteiger partial charge is 0.333 e. The molecule has 1 aromatic heterocycles. The molecular weight excluding hydrogens is 428 g/mol. The lowest BCUT2D eigenvalue weighted by Gasteiger charge is -2.12. The molecule has 2 aromatic carbocycles. The van der Waals surface area contributed by atoms with Crippen molar-refractivity contribution in [1.82, 2.24) is 9.78 Å². The zero-order valence-electron chi connectivity index (χ0n) is 14.8. The Morgan fingerprint density at radius 2 is 1.83 bits per heavy atom. The number of carbonyl (C=O) groups is 1. The first-order valence-corrected chi connectivity index (χ1v) is 9.91. The monoisotopic (exact) mass is 441 g/mol. The second kappa shape index (κ2) is 8.18. The number of hydrogen-bond acceptors (Lipinski definition) is 5. The van der Waals surface area contributed by atoms with Crippen molar-refractivity contribution in [2.75, 3.05) is 12.4 Å². The number of nitrogens with zero attached hydrogens (tertiary/aromatic N) is 2. The highest BCUT2D eigenvalue weighted by molar-refractivity contribution is 7.91. The molecule has 0 fully saturated rings. The molecule has 0 aliphatic rings. The number of halogens is 3. The van der Waals surface area contributed by atoms with Gasteiger partial charge in [0.15, 0.2) is 0 Å². The molecule has 11 heteroatoms. The minimum Gasteiger partial charge on any atom is -0.497 e. The molecule has 0 bridgehead atoms. The molecule has 1 heterocycles. The van der Waals surface area contributed by atoms with Crippen molar-refractivity contribution >= 4 is 33.0 Å². The lowest BCUT2D eigenvalue weighted by atomic mass is 10.3. The number of aromatic nitrogens is 2. The number of carbonyl (C=O) groups excluding carboxylic acids is 1. The third-order valence-corrected chi connectivity index (χ3v) is 5.90. The topological polar surface area (TPSA) is 90.3 Å². The molecule has 29 heavy (non-hydrogen) atoms. The van der Waals surface area contributed by atoms with E-state index in [1.807, 2.05) is 0 Å². The summed E-state index contributed by atoms with van der Waals surface area (Å²) in [7, 11) is -2.62. The Morgan fingerprint density at radius 3 is 2.45 bits per heavy atom. The molecule has 0 aliphatic heterocycles. The van der Waals surface area contributed by atoms with Crippen LogP contribution < -0.4 is 10.1 Å². The number of amides is 1. The van der Waals surface area contributed by atoms with E-state index in [0.717, 1.165) is 12.3 Å². The Morgan fingerprint density at radius 1 is 1.14 bits per heavy atom. The third-order valence-electron chi connectivity index (χ3n) is 3.90. The molecule has 7 nitrogen and oxygen atoms in total. The molecule has 0 unspecified atom stereocenters. The molecule has 0 atom stereocenters. The summed E-state index contributed by atoms with van der Waals surface area (Å²) in [6, 6.07) is 10.5. The van der Waals surface area contributed by atoms with Gasteiger partial charge < -0.3 is 10.1 Å². The van der Waals surface area contributed by atoms with Gasteiger partial charge >= 0.3 is 6.55 Å². The number of alkyl halides is 2. The van der Waals surface area contributed by atoms with Crippen LogP contribution in [0.5, 0.6) is 5.75 Å². The van der Waals surface area contributed by atoms with E-state index in [4.69, 9.17) is 16.3 Å². The summed E-state index contributed by atoms with van der Waals surface area (Å²) >= 11 is 5.80. The first-order chi connectivity index (χ1) is 13.7. The molecule has 0 spiro atoms. The number of ether oxygens (including phenoxy) is 1. The van der Waals surface area contributed by atoms with E-state index in [1.54, 1.807) is 0 Å². The largest absolute Gasteiger partial charge is 0.497 e. The van der Waals surface area contributed by atoms with E-state index in [9.17, 15) is 22.0 Å². The average Bonchev–Trinajstić information content (AvgIpc) is 3.18. The molecule has 0 saturated carbocycles. The molecule has 152 valence electrons. The minimum atomic E-state index is -3.95. The fraction of sp³-hybridized carbons (Fsp3) is 0.111. The van der Waals surface area contributed by atoms with Gasteiger partial charge in [-0.05, 0) is 42.5 Å². The van der Waals surface area contributed by atoms with Gasteiger partial charge in [-0.25, -0.2) is 8.42 Å². The Balaban J connectivity index is 1.98. The van der Waals surface area contributed by atoms with Gasteiger partial charge in [0.05, 0.1) is 16.9 Å². The van der Waals surface area contributed by atoms with Crippen LogP contribution in [0.3, 0.4) is 0 Å². The van der Waals surface area contributed by atoms with Crippen molar-refractivity contribution in [3.05, 3.63) is 65.4 Å². The molecule has 1 amide bonds. The van der Waals surface area contributed by atoms with Gasteiger partial charge in [-0.2, -0.15) is 18.6 Å². The van der Waals surface area contributed by atoms with Crippen molar-refractivity contribution in [1.29, 1.82) is 0 Å². The number of methoxy groups -OCH3 is 1. The van der Waals surface area contributed by atoms with E-state index < -0.39 is 22.3 Å². The summed E-state index contributed by atoms with van der Waals surface area (Å²) < 4.78 is 57.0. The number of benzene rings is 2. The second-order valence-electron chi connectivity index (χ2n) is 5.75. The third kappa shape index (κ3) is 4.38. The fourth-order valence-corrected chi connectivity index (χ4v) is 3.96. The molecule has 3 aromatic rings. The van der Waals surface area contributed by atoms with Gasteiger partial charge in [-0.3, -0.25) is 4.79 Å². The van der Waals surface area contributed by atoms with Crippen molar-refractivity contribution in [2.24, 2.45) is 0 Å². The average molecular weight is 442 g/mol.